The molecule has 0 aliphatic carbocycles. The zero-order chi connectivity index (χ0) is 11.1. The Morgan fingerprint density at radius 2 is 2.07 bits per heavy atom. The van der Waals surface area contributed by atoms with Crippen molar-refractivity contribution in [2.24, 2.45) is 0 Å². The van der Waals surface area contributed by atoms with Crippen molar-refractivity contribution in [3.05, 3.63) is 29.6 Å². The summed E-state index contributed by atoms with van der Waals surface area (Å²) in [5, 5.41) is 3.27. The highest BCUT2D eigenvalue weighted by Gasteiger charge is 2.00. The van der Waals surface area contributed by atoms with Crippen LogP contribution in [0.3, 0.4) is 0 Å². The van der Waals surface area contributed by atoms with E-state index >= 15 is 0 Å². The molecule has 0 aliphatic rings. The maximum atomic E-state index is 13.2. The van der Waals surface area contributed by atoms with Crippen LogP contribution >= 0.6 is 11.8 Å². The molecule has 0 amide bonds. The molecular formula is C12H18FNS. The molecule has 0 unspecified atom stereocenters. The summed E-state index contributed by atoms with van der Waals surface area (Å²) in [6, 6.07) is 5.25. The normalized spacial score (nSPS) is 10.6. The third kappa shape index (κ3) is 4.67. The van der Waals surface area contributed by atoms with Gasteiger partial charge in [0.1, 0.15) is 5.82 Å². The van der Waals surface area contributed by atoms with Crippen LogP contribution < -0.4 is 5.32 Å². The first kappa shape index (κ1) is 12.5. The predicted octanol–water partition coefficient (Wildman–Crippen LogP) is 3.44. The smallest absolute Gasteiger partial charge is 0.124 e. The van der Waals surface area contributed by atoms with Crippen LogP contribution in [0.4, 0.5) is 4.39 Å². The molecule has 0 bridgehead atoms. The molecule has 0 aliphatic heterocycles. The number of benzene rings is 1. The van der Waals surface area contributed by atoms with Gasteiger partial charge in [-0.1, -0.05) is 13.8 Å². The molecule has 0 saturated carbocycles. The quantitative estimate of drug-likeness (QED) is 0.590. The predicted molar refractivity (Wildman–Crippen MR) is 64.8 cm³/mol. The Balaban J connectivity index is 2.62. The van der Waals surface area contributed by atoms with E-state index in [0.29, 0.717) is 0 Å². The number of halogens is 1. The third-order valence-corrected chi connectivity index (χ3v) is 2.86. The van der Waals surface area contributed by atoms with Gasteiger partial charge in [-0.05, 0) is 42.5 Å². The molecule has 0 spiro atoms. The van der Waals surface area contributed by atoms with Gasteiger partial charge in [0.25, 0.3) is 0 Å². The third-order valence-electron chi connectivity index (χ3n) is 2.00. The molecular weight excluding hydrogens is 209 g/mol. The molecule has 0 saturated heterocycles. The Kier molecular flexibility index (Phi) is 5.73. The Labute approximate surface area is 95.5 Å². The lowest BCUT2D eigenvalue weighted by Crippen LogP contribution is -2.13. The fourth-order valence-corrected chi connectivity index (χ4v) is 2.15. The van der Waals surface area contributed by atoms with Gasteiger partial charge in [-0.2, -0.15) is 0 Å². The fraction of sp³-hybridized carbons (Fsp3) is 0.500. The Hall–Kier alpha value is -0.540. The lowest BCUT2D eigenvalue weighted by molar-refractivity contribution is 0.615. The second kappa shape index (κ2) is 6.85. The van der Waals surface area contributed by atoms with Crippen molar-refractivity contribution in [1.29, 1.82) is 0 Å². The molecule has 3 heteroatoms. The van der Waals surface area contributed by atoms with Crippen molar-refractivity contribution in [2.45, 2.75) is 31.7 Å². The summed E-state index contributed by atoms with van der Waals surface area (Å²) in [5.41, 5.74) is 1.03. The molecule has 0 radical (unpaired) electrons. The van der Waals surface area contributed by atoms with E-state index in [1.165, 1.54) is 0 Å². The van der Waals surface area contributed by atoms with Gasteiger partial charge >= 0.3 is 0 Å². The van der Waals surface area contributed by atoms with Gasteiger partial charge in [-0.3, -0.25) is 0 Å². The van der Waals surface area contributed by atoms with Gasteiger partial charge in [0.15, 0.2) is 0 Å². The van der Waals surface area contributed by atoms with Gasteiger partial charge in [-0.15, -0.1) is 11.8 Å². The summed E-state index contributed by atoms with van der Waals surface area (Å²) in [6.45, 7) is 5.93. The van der Waals surface area contributed by atoms with Gasteiger partial charge in [0.05, 0.1) is 0 Å². The highest BCUT2D eigenvalue weighted by atomic mass is 32.2. The first-order valence-electron chi connectivity index (χ1n) is 5.39. The van der Waals surface area contributed by atoms with Crippen LogP contribution in [0.2, 0.25) is 0 Å². The summed E-state index contributed by atoms with van der Waals surface area (Å²) >= 11 is 1.68. The van der Waals surface area contributed by atoms with E-state index in [1.807, 2.05) is 0 Å². The highest BCUT2D eigenvalue weighted by molar-refractivity contribution is 7.99. The number of thioether (sulfide) groups is 1. The number of hydrogen-bond acceptors (Lipinski definition) is 2. The van der Waals surface area contributed by atoms with Crippen molar-refractivity contribution in [3.63, 3.8) is 0 Å². The van der Waals surface area contributed by atoms with Gasteiger partial charge in [0, 0.05) is 11.4 Å². The average molecular weight is 227 g/mol. The van der Waals surface area contributed by atoms with Crippen LogP contribution in [-0.4, -0.2) is 12.3 Å². The molecule has 1 rings (SSSR count). The zero-order valence-corrected chi connectivity index (χ0v) is 10.2. The fourth-order valence-electron chi connectivity index (χ4n) is 1.38. The molecule has 15 heavy (non-hydrogen) atoms. The zero-order valence-electron chi connectivity index (χ0n) is 9.35. The minimum atomic E-state index is -0.137. The second-order valence-electron chi connectivity index (χ2n) is 3.40. The van der Waals surface area contributed by atoms with Crippen molar-refractivity contribution >= 4 is 11.8 Å². The summed E-state index contributed by atoms with van der Waals surface area (Å²) in [5.74, 6) is 0.840. The van der Waals surface area contributed by atoms with E-state index in [2.05, 4.69) is 25.2 Å². The molecule has 1 aromatic carbocycles. The molecule has 84 valence electrons. The Morgan fingerprint density at radius 1 is 1.27 bits per heavy atom. The first-order valence-corrected chi connectivity index (χ1v) is 6.37. The second-order valence-corrected chi connectivity index (χ2v) is 4.74. The van der Waals surface area contributed by atoms with Crippen LogP contribution in [0.25, 0.3) is 0 Å². The minimum absolute atomic E-state index is 0.137. The van der Waals surface area contributed by atoms with Crippen LogP contribution in [0.5, 0.6) is 0 Å². The Bertz CT molecular complexity index is 302. The van der Waals surface area contributed by atoms with Crippen LogP contribution in [0.15, 0.2) is 23.1 Å². The van der Waals surface area contributed by atoms with Gasteiger partial charge in [0.2, 0.25) is 0 Å². The van der Waals surface area contributed by atoms with Crippen molar-refractivity contribution in [2.75, 3.05) is 12.3 Å². The van der Waals surface area contributed by atoms with E-state index in [9.17, 15) is 4.39 Å². The van der Waals surface area contributed by atoms with Crippen molar-refractivity contribution < 1.29 is 4.39 Å². The maximum Gasteiger partial charge on any atom is 0.124 e. The largest absolute Gasteiger partial charge is 0.313 e. The van der Waals surface area contributed by atoms with Crippen LogP contribution in [0.1, 0.15) is 25.8 Å². The monoisotopic (exact) mass is 227 g/mol. The number of rotatable bonds is 6. The van der Waals surface area contributed by atoms with Crippen LogP contribution in [0, 0.1) is 5.82 Å². The van der Waals surface area contributed by atoms with Crippen molar-refractivity contribution in [1.82, 2.24) is 5.32 Å². The van der Waals surface area contributed by atoms with Crippen molar-refractivity contribution in [3.8, 4) is 0 Å². The molecule has 0 atom stereocenters. The van der Waals surface area contributed by atoms with E-state index < -0.39 is 0 Å². The van der Waals surface area contributed by atoms with E-state index in [0.717, 1.165) is 35.7 Å². The first-order chi connectivity index (χ1) is 7.26. The highest BCUT2D eigenvalue weighted by Crippen LogP contribution is 2.20. The maximum absolute atomic E-state index is 13.2. The van der Waals surface area contributed by atoms with Gasteiger partial charge in [-0.25, -0.2) is 4.39 Å². The van der Waals surface area contributed by atoms with E-state index in [4.69, 9.17) is 0 Å². The Morgan fingerprint density at radius 3 is 2.73 bits per heavy atom. The molecule has 1 N–H and O–H groups in total. The SMILES string of the molecule is CCCNCc1cc(F)cc(SCC)c1. The molecule has 1 nitrogen and oxygen atoms in total. The molecule has 1 aromatic rings. The molecule has 0 aromatic heterocycles. The van der Waals surface area contributed by atoms with Crippen LogP contribution in [-0.2, 0) is 6.54 Å². The lowest BCUT2D eigenvalue weighted by Gasteiger charge is -2.06. The lowest BCUT2D eigenvalue weighted by atomic mass is 10.2. The summed E-state index contributed by atoms with van der Waals surface area (Å²) < 4.78 is 13.2. The van der Waals surface area contributed by atoms with E-state index in [-0.39, 0.29) is 5.82 Å². The standard InChI is InChI=1S/C12H18FNS/c1-3-5-14-9-10-6-11(13)8-12(7-10)15-4-2/h6-8,14H,3-5,9H2,1-2H3. The minimum Gasteiger partial charge on any atom is -0.313 e. The van der Waals surface area contributed by atoms with E-state index in [1.54, 1.807) is 23.9 Å². The summed E-state index contributed by atoms with van der Waals surface area (Å²) in [7, 11) is 0. The topological polar surface area (TPSA) is 12.0 Å². The summed E-state index contributed by atoms with van der Waals surface area (Å²) in [6.07, 6.45) is 1.10. The summed E-state index contributed by atoms with van der Waals surface area (Å²) in [4.78, 5) is 1.02. The molecule has 0 heterocycles. The number of nitrogens with one attached hydrogen (secondary N) is 1. The molecule has 0 fully saturated rings. The van der Waals surface area contributed by atoms with Gasteiger partial charge < -0.3 is 5.32 Å². The number of hydrogen-bond donors (Lipinski definition) is 1. The average Bonchev–Trinajstić information content (AvgIpc) is 2.18.